The van der Waals surface area contributed by atoms with Gasteiger partial charge in [-0.1, -0.05) is 0 Å². The Morgan fingerprint density at radius 2 is 1.68 bits per heavy atom. The molecule has 1 amide bonds. The molecule has 0 heterocycles. The van der Waals surface area contributed by atoms with Crippen molar-refractivity contribution in [3.63, 3.8) is 0 Å². The van der Waals surface area contributed by atoms with Crippen LogP contribution in [0.3, 0.4) is 0 Å². The van der Waals surface area contributed by atoms with Gasteiger partial charge in [-0.15, -0.1) is 0 Å². The Balaban J connectivity index is 1.84. The number of carbonyl (C=O) groups is 1. The number of nitrogens with zero attached hydrogens (tertiary/aromatic N) is 1. The summed E-state index contributed by atoms with van der Waals surface area (Å²) in [6.45, 7) is 5.95. The van der Waals surface area contributed by atoms with Crippen LogP contribution in [0.15, 0.2) is 42.5 Å². The van der Waals surface area contributed by atoms with Crippen molar-refractivity contribution in [2.24, 2.45) is 0 Å². The zero-order valence-electron chi connectivity index (χ0n) is 16.5. The fourth-order valence-electron chi connectivity index (χ4n) is 2.51. The van der Waals surface area contributed by atoms with Gasteiger partial charge in [0, 0.05) is 12.6 Å². The van der Waals surface area contributed by atoms with Crippen molar-refractivity contribution in [1.82, 2.24) is 4.90 Å². The molecule has 0 fully saturated rings. The fraction of sp³-hybridized carbons (Fsp3) is 0.381. The van der Waals surface area contributed by atoms with E-state index < -0.39 is 0 Å². The van der Waals surface area contributed by atoms with Crippen LogP contribution in [0.1, 0.15) is 13.8 Å². The molecule has 0 saturated heterocycles. The van der Waals surface area contributed by atoms with Gasteiger partial charge in [0.05, 0.1) is 25.4 Å². The number of rotatable bonds is 11. The monoisotopic (exact) mass is 390 g/mol. The van der Waals surface area contributed by atoms with Crippen molar-refractivity contribution >= 4 is 11.6 Å². The minimum atomic E-state index is -0.305. The molecule has 0 spiro atoms. The summed E-state index contributed by atoms with van der Waals surface area (Å²) in [5, 5.41) is 2.87. The number of amides is 1. The average Bonchev–Trinajstić information content (AvgIpc) is 2.66. The number of carbonyl (C=O) groups excluding carboxylic acids is 1. The van der Waals surface area contributed by atoms with Gasteiger partial charge in [0.25, 0.3) is 0 Å². The summed E-state index contributed by atoms with van der Waals surface area (Å²) >= 11 is 0. The fourth-order valence-corrected chi connectivity index (χ4v) is 2.51. The van der Waals surface area contributed by atoms with E-state index >= 15 is 0 Å². The Morgan fingerprint density at radius 3 is 2.36 bits per heavy atom. The van der Waals surface area contributed by atoms with E-state index in [4.69, 9.17) is 14.2 Å². The van der Waals surface area contributed by atoms with Crippen LogP contribution in [-0.4, -0.2) is 50.8 Å². The summed E-state index contributed by atoms with van der Waals surface area (Å²) in [7, 11) is 1.83. The molecule has 28 heavy (non-hydrogen) atoms. The standard InChI is InChI=1S/C21H27FN2O4/c1-4-26-18-10-11-20(27-5-2)19(14-18)23-21(25)15-24(3)12-13-28-17-8-6-16(22)7-9-17/h6-11,14H,4-5,12-13,15H2,1-3H3,(H,23,25). The number of likely N-dealkylation sites (N-methyl/N-ethyl adjacent to an activating group) is 1. The van der Waals surface area contributed by atoms with E-state index in [1.54, 1.807) is 24.3 Å². The number of nitrogens with one attached hydrogen (secondary N) is 1. The van der Waals surface area contributed by atoms with E-state index in [0.29, 0.717) is 49.3 Å². The van der Waals surface area contributed by atoms with Crippen LogP contribution in [0, 0.1) is 5.82 Å². The molecule has 2 aromatic carbocycles. The number of benzene rings is 2. The van der Waals surface area contributed by atoms with Gasteiger partial charge in [0.1, 0.15) is 29.7 Å². The van der Waals surface area contributed by atoms with E-state index in [1.165, 1.54) is 12.1 Å². The highest BCUT2D eigenvalue weighted by Crippen LogP contribution is 2.29. The number of anilines is 1. The number of halogens is 1. The zero-order chi connectivity index (χ0) is 20.4. The Bertz CT molecular complexity index is 753. The van der Waals surface area contributed by atoms with Crippen molar-refractivity contribution in [3.8, 4) is 17.2 Å². The molecule has 6 nitrogen and oxygen atoms in total. The van der Waals surface area contributed by atoms with Gasteiger partial charge in [0.2, 0.25) is 5.91 Å². The van der Waals surface area contributed by atoms with Crippen molar-refractivity contribution in [1.29, 1.82) is 0 Å². The van der Waals surface area contributed by atoms with Crippen LogP contribution in [-0.2, 0) is 4.79 Å². The lowest BCUT2D eigenvalue weighted by Gasteiger charge is -2.18. The van der Waals surface area contributed by atoms with Gasteiger partial charge in [-0.3, -0.25) is 9.69 Å². The maximum atomic E-state index is 12.9. The molecule has 0 saturated carbocycles. The normalized spacial score (nSPS) is 10.6. The molecule has 0 unspecified atom stereocenters. The van der Waals surface area contributed by atoms with E-state index in [0.717, 1.165) is 0 Å². The summed E-state index contributed by atoms with van der Waals surface area (Å²) in [5.74, 6) is 1.39. The highest BCUT2D eigenvalue weighted by molar-refractivity contribution is 5.94. The van der Waals surface area contributed by atoms with Crippen molar-refractivity contribution in [2.45, 2.75) is 13.8 Å². The van der Waals surface area contributed by atoms with Crippen LogP contribution < -0.4 is 19.5 Å². The van der Waals surface area contributed by atoms with Crippen molar-refractivity contribution in [2.75, 3.05) is 45.3 Å². The third kappa shape index (κ3) is 7.08. The summed E-state index contributed by atoms with van der Waals surface area (Å²) < 4.78 is 29.5. The van der Waals surface area contributed by atoms with Crippen LogP contribution in [0.4, 0.5) is 10.1 Å². The zero-order valence-corrected chi connectivity index (χ0v) is 16.5. The number of hydrogen-bond acceptors (Lipinski definition) is 5. The van der Waals surface area contributed by atoms with E-state index in [2.05, 4.69) is 5.32 Å². The average molecular weight is 390 g/mol. The molecule has 7 heteroatoms. The van der Waals surface area contributed by atoms with Crippen molar-refractivity contribution < 1.29 is 23.4 Å². The second-order valence-corrected chi connectivity index (χ2v) is 6.11. The molecule has 2 aromatic rings. The molecular formula is C21H27FN2O4. The molecule has 0 atom stereocenters. The lowest BCUT2D eigenvalue weighted by Crippen LogP contribution is -2.33. The molecule has 0 aromatic heterocycles. The maximum absolute atomic E-state index is 12.9. The maximum Gasteiger partial charge on any atom is 0.238 e. The second-order valence-electron chi connectivity index (χ2n) is 6.11. The molecule has 0 aliphatic carbocycles. The lowest BCUT2D eigenvalue weighted by atomic mass is 10.2. The van der Waals surface area contributed by atoms with Gasteiger partial charge in [0.15, 0.2) is 0 Å². The van der Waals surface area contributed by atoms with E-state index in [9.17, 15) is 9.18 Å². The SMILES string of the molecule is CCOc1ccc(OCC)c(NC(=O)CN(C)CCOc2ccc(F)cc2)c1. The van der Waals surface area contributed by atoms with Crippen molar-refractivity contribution in [3.05, 3.63) is 48.3 Å². The molecule has 0 aliphatic rings. The Labute approximate surface area is 165 Å². The number of hydrogen-bond donors (Lipinski definition) is 1. The Hall–Kier alpha value is -2.80. The molecule has 2 rings (SSSR count). The third-order valence-corrected chi connectivity index (χ3v) is 3.80. The molecule has 1 N–H and O–H groups in total. The molecular weight excluding hydrogens is 363 g/mol. The quantitative estimate of drug-likeness (QED) is 0.636. The van der Waals surface area contributed by atoms with E-state index in [-0.39, 0.29) is 18.3 Å². The van der Waals surface area contributed by atoms with E-state index in [1.807, 2.05) is 31.9 Å². The third-order valence-electron chi connectivity index (χ3n) is 3.80. The molecule has 0 bridgehead atoms. The Morgan fingerprint density at radius 1 is 1.00 bits per heavy atom. The highest BCUT2D eigenvalue weighted by atomic mass is 19.1. The van der Waals surface area contributed by atoms with Gasteiger partial charge >= 0.3 is 0 Å². The summed E-state index contributed by atoms with van der Waals surface area (Å²) in [4.78, 5) is 14.2. The van der Waals surface area contributed by atoms with Gasteiger partial charge < -0.3 is 19.5 Å². The summed E-state index contributed by atoms with van der Waals surface area (Å²) in [6, 6.07) is 11.2. The largest absolute Gasteiger partial charge is 0.494 e. The van der Waals surface area contributed by atoms with Gasteiger partial charge in [-0.2, -0.15) is 0 Å². The first kappa shape index (κ1) is 21.5. The van der Waals surface area contributed by atoms with Crippen LogP contribution in [0.2, 0.25) is 0 Å². The van der Waals surface area contributed by atoms with Gasteiger partial charge in [-0.05, 0) is 57.3 Å². The lowest BCUT2D eigenvalue weighted by molar-refractivity contribution is -0.117. The summed E-state index contributed by atoms with van der Waals surface area (Å²) in [6.07, 6.45) is 0. The summed E-state index contributed by atoms with van der Waals surface area (Å²) in [5.41, 5.74) is 0.578. The van der Waals surface area contributed by atoms with Crippen LogP contribution in [0.25, 0.3) is 0 Å². The highest BCUT2D eigenvalue weighted by Gasteiger charge is 2.12. The van der Waals surface area contributed by atoms with Gasteiger partial charge in [-0.25, -0.2) is 4.39 Å². The second kappa shape index (κ2) is 11.1. The topological polar surface area (TPSA) is 60.0 Å². The Kier molecular flexibility index (Phi) is 8.55. The first-order valence-corrected chi connectivity index (χ1v) is 9.28. The molecule has 0 radical (unpaired) electrons. The number of ether oxygens (including phenoxy) is 3. The molecule has 0 aliphatic heterocycles. The predicted octanol–water partition coefficient (Wildman–Crippen LogP) is 3.57. The minimum absolute atomic E-state index is 0.168. The first-order chi connectivity index (χ1) is 13.5. The molecule has 152 valence electrons. The van der Waals surface area contributed by atoms with Crippen LogP contribution in [0.5, 0.6) is 17.2 Å². The first-order valence-electron chi connectivity index (χ1n) is 9.28. The smallest absolute Gasteiger partial charge is 0.238 e. The predicted molar refractivity (Wildman–Crippen MR) is 107 cm³/mol. The van der Waals surface area contributed by atoms with Crippen LogP contribution >= 0.6 is 0 Å². The minimum Gasteiger partial charge on any atom is -0.494 e.